The van der Waals surface area contributed by atoms with Crippen molar-refractivity contribution >= 4 is 16.5 Å². The number of hydrogen-bond donors (Lipinski definition) is 0. The van der Waals surface area contributed by atoms with Crippen molar-refractivity contribution in [2.75, 3.05) is 19.0 Å². The minimum atomic E-state index is 0.894. The van der Waals surface area contributed by atoms with E-state index >= 15 is 0 Å². The number of hydrogen-bond acceptors (Lipinski definition) is 4. The Morgan fingerprint density at radius 1 is 1.62 bits per heavy atom. The lowest BCUT2D eigenvalue weighted by Gasteiger charge is -2.03. The average molecular weight is 128 g/mol. The third kappa shape index (κ3) is 0.949. The molecule has 0 spiro atoms. The van der Waals surface area contributed by atoms with E-state index in [9.17, 15) is 0 Å². The van der Waals surface area contributed by atoms with E-state index in [1.807, 2.05) is 19.0 Å². The summed E-state index contributed by atoms with van der Waals surface area (Å²) in [5.41, 5.74) is 2.65. The van der Waals surface area contributed by atoms with Crippen LogP contribution in [0.3, 0.4) is 0 Å². The largest absolute Gasteiger partial charge is 0.353 e. The normalized spacial score (nSPS) is 9.25. The number of rotatable bonds is 1. The van der Waals surface area contributed by atoms with Gasteiger partial charge in [0.05, 0.1) is 0 Å². The third-order valence-corrected chi connectivity index (χ3v) is 1.50. The first kappa shape index (κ1) is 5.50. The highest BCUT2D eigenvalue weighted by molar-refractivity contribution is 7.12. The van der Waals surface area contributed by atoms with Gasteiger partial charge >= 0.3 is 0 Å². The lowest BCUT2D eigenvalue weighted by Crippen LogP contribution is -2.07. The molecule has 1 rings (SSSR count). The molecule has 0 unspecified atom stereocenters. The second-order valence-corrected chi connectivity index (χ2v) is 2.32. The first-order valence-corrected chi connectivity index (χ1v) is 2.99. The minimum absolute atomic E-state index is 0.894. The van der Waals surface area contributed by atoms with Crippen molar-refractivity contribution in [3.8, 4) is 0 Å². The van der Waals surface area contributed by atoms with Crippen LogP contribution in [-0.4, -0.2) is 24.3 Å². The zero-order valence-corrected chi connectivity index (χ0v) is 5.57. The van der Waals surface area contributed by atoms with Crippen molar-refractivity contribution in [2.45, 2.75) is 0 Å². The second kappa shape index (κ2) is 2.09. The maximum absolute atomic E-state index is 3.75. The topological polar surface area (TPSA) is 29.0 Å². The van der Waals surface area contributed by atoms with Crippen LogP contribution in [0.25, 0.3) is 0 Å². The van der Waals surface area contributed by atoms with Gasteiger partial charge in [0.25, 0.3) is 0 Å². The van der Waals surface area contributed by atoms with Crippen molar-refractivity contribution in [3.05, 3.63) is 5.51 Å². The van der Waals surface area contributed by atoms with Crippen LogP contribution in [0.1, 0.15) is 0 Å². The van der Waals surface area contributed by atoms with E-state index in [4.69, 9.17) is 0 Å². The van der Waals surface area contributed by atoms with Crippen LogP contribution < -0.4 is 4.90 Å². The summed E-state index contributed by atoms with van der Waals surface area (Å²) < 4.78 is 0. The molecule has 43 valence electrons. The average Bonchev–Trinajstić information content (AvgIpc) is 2.12. The minimum Gasteiger partial charge on any atom is -0.353 e. The fourth-order valence-electron chi connectivity index (χ4n) is 0.326. The molecule has 0 atom stereocenters. The van der Waals surface area contributed by atoms with Crippen LogP contribution in [-0.2, 0) is 0 Å². The van der Waals surface area contributed by atoms with E-state index in [1.165, 1.54) is 11.3 Å². The molecular formula is C4H6N3S. The highest BCUT2D eigenvalue weighted by Crippen LogP contribution is 2.09. The van der Waals surface area contributed by atoms with E-state index in [0.717, 1.165) is 5.13 Å². The molecule has 0 bridgehead atoms. The molecule has 0 aromatic carbocycles. The summed E-state index contributed by atoms with van der Waals surface area (Å²) in [7, 11) is 3.85. The summed E-state index contributed by atoms with van der Waals surface area (Å²) in [6.07, 6.45) is 0. The summed E-state index contributed by atoms with van der Waals surface area (Å²) in [5.74, 6) is 0. The molecule has 1 aromatic heterocycles. The fourth-order valence-corrected chi connectivity index (χ4v) is 0.753. The Kier molecular flexibility index (Phi) is 1.43. The van der Waals surface area contributed by atoms with E-state index in [0.29, 0.717) is 0 Å². The summed E-state index contributed by atoms with van der Waals surface area (Å²) in [6.45, 7) is 0. The molecule has 4 heteroatoms. The lowest BCUT2D eigenvalue weighted by atomic mass is 10.9. The van der Waals surface area contributed by atoms with Crippen molar-refractivity contribution in [1.29, 1.82) is 0 Å². The van der Waals surface area contributed by atoms with E-state index in [2.05, 4.69) is 15.7 Å². The van der Waals surface area contributed by atoms with Gasteiger partial charge in [-0.3, -0.25) is 0 Å². The summed E-state index contributed by atoms with van der Waals surface area (Å²) in [6, 6.07) is 0. The lowest BCUT2D eigenvalue weighted by molar-refractivity contribution is 1.01. The first-order valence-electron chi connectivity index (χ1n) is 2.17. The smallest absolute Gasteiger partial charge is 0.208 e. The molecule has 0 N–H and O–H groups in total. The molecule has 0 saturated heterocycles. The first-order chi connectivity index (χ1) is 3.80. The Bertz CT molecular complexity index is 146. The molecule has 3 nitrogen and oxygen atoms in total. The van der Waals surface area contributed by atoms with Gasteiger partial charge in [-0.2, -0.15) is 0 Å². The molecule has 0 aliphatic heterocycles. The Hall–Kier alpha value is -0.640. The van der Waals surface area contributed by atoms with Gasteiger partial charge in [0.15, 0.2) is 5.51 Å². The Morgan fingerprint density at radius 2 is 2.38 bits per heavy atom. The molecule has 1 heterocycles. The second-order valence-electron chi connectivity index (χ2n) is 1.57. The van der Waals surface area contributed by atoms with Gasteiger partial charge in [0.1, 0.15) is 0 Å². The van der Waals surface area contributed by atoms with E-state index in [-0.39, 0.29) is 0 Å². The monoisotopic (exact) mass is 128 g/mol. The quantitative estimate of drug-likeness (QED) is 0.548. The maximum atomic E-state index is 3.75. The van der Waals surface area contributed by atoms with E-state index in [1.54, 1.807) is 0 Å². The maximum Gasteiger partial charge on any atom is 0.208 e. The summed E-state index contributed by atoms with van der Waals surface area (Å²) >= 11 is 1.41. The van der Waals surface area contributed by atoms with Gasteiger partial charge in [-0.1, -0.05) is 11.3 Å². The van der Waals surface area contributed by atoms with Crippen LogP contribution in [0, 0.1) is 5.51 Å². The summed E-state index contributed by atoms with van der Waals surface area (Å²) in [5, 5.41) is 8.19. The van der Waals surface area contributed by atoms with Gasteiger partial charge in [-0.25, -0.2) is 0 Å². The van der Waals surface area contributed by atoms with Crippen molar-refractivity contribution < 1.29 is 0 Å². The van der Waals surface area contributed by atoms with Gasteiger partial charge < -0.3 is 4.90 Å². The molecule has 1 aromatic rings. The van der Waals surface area contributed by atoms with Crippen molar-refractivity contribution in [1.82, 2.24) is 10.2 Å². The third-order valence-electron chi connectivity index (χ3n) is 0.696. The number of anilines is 1. The van der Waals surface area contributed by atoms with Gasteiger partial charge in [0, 0.05) is 14.1 Å². The Labute approximate surface area is 52.0 Å². The van der Waals surface area contributed by atoms with Gasteiger partial charge in [0.2, 0.25) is 5.13 Å². The standard InChI is InChI=1S/C4H6N3S/c1-7(2)4-6-5-3-8-4/h1-2H3. The molecule has 0 aliphatic carbocycles. The van der Waals surface area contributed by atoms with Crippen LogP contribution in [0.2, 0.25) is 0 Å². The number of nitrogens with zero attached hydrogens (tertiary/aromatic N) is 3. The van der Waals surface area contributed by atoms with Crippen molar-refractivity contribution in [2.24, 2.45) is 0 Å². The van der Waals surface area contributed by atoms with Crippen LogP contribution in [0.4, 0.5) is 5.13 Å². The van der Waals surface area contributed by atoms with E-state index < -0.39 is 0 Å². The molecular weight excluding hydrogens is 122 g/mol. The van der Waals surface area contributed by atoms with Gasteiger partial charge in [-0.05, 0) is 0 Å². The molecule has 0 saturated carbocycles. The molecule has 0 amide bonds. The zero-order chi connectivity index (χ0) is 5.98. The Balaban J connectivity index is 2.77. The number of aromatic nitrogens is 2. The molecule has 0 aliphatic rings. The summed E-state index contributed by atoms with van der Waals surface area (Å²) in [4.78, 5) is 1.90. The van der Waals surface area contributed by atoms with Crippen LogP contribution in [0.5, 0.6) is 0 Å². The van der Waals surface area contributed by atoms with Crippen molar-refractivity contribution in [3.63, 3.8) is 0 Å². The molecule has 1 radical (unpaired) electrons. The molecule has 8 heavy (non-hydrogen) atoms. The van der Waals surface area contributed by atoms with Crippen LogP contribution >= 0.6 is 11.3 Å². The predicted octanol–water partition coefficient (Wildman–Crippen LogP) is 0.404. The predicted molar refractivity (Wildman–Crippen MR) is 33.1 cm³/mol. The molecule has 0 fully saturated rings. The highest BCUT2D eigenvalue weighted by Gasteiger charge is 1.94. The van der Waals surface area contributed by atoms with Crippen LogP contribution in [0.15, 0.2) is 0 Å². The fraction of sp³-hybridized carbons (Fsp3) is 0.500. The Morgan fingerprint density at radius 3 is 2.62 bits per heavy atom. The van der Waals surface area contributed by atoms with Gasteiger partial charge in [-0.15, -0.1) is 10.2 Å². The SMILES string of the molecule is CN(C)c1nn[c]s1. The zero-order valence-electron chi connectivity index (χ0n) is 4.75. The highest BCUT2D eigenvalue weighted by atomic mass is 32.1.